The molecule has 0 unspecified atom stereocenters. The molecule has 0 spiro atoms. The summed E-state index contributed by atoms with van der Waals surface area (Å²) in [6.45, 7) is 6.24. The first kappa shape index (κ1) is 14.6. The van der Waals surface area contributed by atoms with Crippen molar-refractivity contribution in [2.75, 3.05) is 26.2 Å². The molecule has 1 aromatic carbocycles. The Labute approximate surface area is 127 Å². The van der Waals surface area contributed by atoms with E-state index in [9.17, 15) is 4.79 Å². The lowest BCUT2D eigenvalue weighted by Gasteiger charge is -2.32. The molecule has 2 heterocycles. The number of hydrogen-bond acceptors (Lipinski definition) is 2. The van der Waals surface area contributed by atoms with Crippen LogP contribution >= 0.6 is 0 Å². The van der Waals surface area contributed by atoms with Crippen LogP contribution in [0.5, 0.6) is 0 Å². The summed E-state index contributed by atoms with van der Waals surface area (Å²) in [5.74, 6) is 1.54. The molecule has 1 N–H and O–H groups in total. The average molecular weight is 286 g/mol. The van der Waals surface area contributed by atoms with Crippen molar-refractivity contribution in [3.8, 4) is 0 Å². The molecule has 0 aliphatic carbocycles. The lowest BCUT2D eigenvalue weighted by Crippen LogP contribution is -2.38. The summed E-state index contributed by atoms with van der Waals surface area (Å²) in [4.78, 5) is 14.9. The third-order valence-corrected chi connectivity index (χ3v) is 5.04. The molecule has 0 aromatic heterocycles. The van der Waals surface area contributed by atoms with Crippen molar-refractivity contribution in [3.63, 3.8) is 0 Å². The minimum absolute atomic E-state index is 0.246. The number of amides is 1. The van der Waals surface area contributed by atoms with E-state index in [0.29, 0.717) is 5.92 Å². The van der Waals surface area contributed by atoms with Crippen molar-refractivity contribution in [1.29, 1.82) is 0 Å². The van der Waals surface area contributed by atoms with Gasteiger partial charge in [-0.1, -0.05) is 25.1 Å². The summed E-state index contributed by atoms with van der Waals surface area (Å²) in [7, 11) is 0. The molecule has 0 bridgehead atoms. The van der Waals surface area contributed by atoms with Crippen LogP contribution in [0.25, 0.3) is 0 Å². The minimum atomic E-state index is 0.246. The molecule has 2 saturated heterocycles. The lowest BCUT2D eigenvalue weighted by molar-refractivity contribution is 0.0695. The van der Waals surface area contributed by atoms with Crippen LogP contribution in [0.15, 0.2) is 24.3 Å². The van der Waals surface area contributed by atoms with Gasteiger partial charge in [-0.3, -0.25) is 4.79 Å². The summed E-state index contributed by atoms with van der Waals surface area (Å²) in [6.07, 6.45) is 4.56. The molecule has 0 atom stereocenters. The van der Waals surface area contributed by atoms with Gasteiger partial charge in [0.1, 0.15) is 0 Å². The molecule has 1 amide bonds. The highest BCUT2D eigenvalue weighted by Gasteiger charge is 2.26. The van der Waals surface area contributed by atoms with Crippen LogP contribution < -0.4 is 5.32 Å². The van der Waals surface area contributed by atoms with E-state index < -0.39 is 0 Å². The summed E-state index contributed by atoms with van der Waals surface area (Å²) in [5, 5.41) is 3.41. The smallest absolute Gasteiger partial charge is 0.254 e. The van der Waals surface area contributed by atoms with Gasteiger partial charge in [-0.15, -0.1) is 0 Å². The molecular weight excluding hydrogens is 260 g/mol. The fraction of sp³-hybridized carbons (Fsp3) is 0.611. The van der Waals surface area contributed by atoms with E-state index in [2.05, 4.69) is 29.3 Å². The van der Waals surface area contributed by atoms with Gasteiger partial charge in [-0.2, -0.15) is 0 Å². The SMILES string of the molecule is CC1CCN(C(=O)c2ccccc2C2CCNCC2)CC1. The normalized spacial score (nSPS) is 21.5. The Kier molecular flexibility index (Phi) is 4.59. The topological polar surface area (TPSA) is 32.3 Å². The Morgan fingerprint density at radius 1 is 1.10 bits per heavy atom. The van der Waals surface area contributed by atoms with Crippen molar-refractivity contribution in [1.82, 2.24) is 10.2 Å². The average Bonchev–Trinajstić information content (AvgIpc) is 2.56. The summed E-state index contributed by atoms with van der Waals surface area (Å²) in [6, 6.07) is 8.27. The summed E-state index contributed by atoms with van der Waals surface area (Å²) < 4.78 is 0. The third-order valence-electron chi connectivity index (χ3n) is 5.04. The Morgan fingerprint density at radius 2 is 1.76 bits per heavy atom. The molecule has 1 aromatic rings. The second-order valence-corrected chi connectivity index (χ2v) is 6.59. The Hall–Kier alpha value is -1.35. The molecule has 3 nitrogen and oxygen atoms in total. The molecule has 114 valence electrons. The van der Waals surface area contributed by atoms with Gasteiger partial charge in [-0.25, -0.2) is 0 Å². The second-order valence-electron chi connectivity index (χ2n) is 6.59. The van der Waals surface area contributed by atoms with Crippen LogP contribution in [0.4, 0.5) is 0 Å². The van der Waals surface area contributed by atoms with E-state index >= 15 is 0 Å². The van der Waals surface area contributed by atoms with Crippen LogP contribution in [0.3, 0.4) is 0 Å². The highest BCUT2D eigenvalue weighted by Crippen LogP contribution is 2.29. The van der Waals surface area contributed by atoms with E-state index in [-0.39, 0.29) is 5.91 Å². The highest BCUT2D eigenvalue weighted by molar-refractivity contribution is 5.96. The van der Waals surface area contributed by atoms with Crippen LogP contribution in [0.2, 0.25) is 0 Å². The molecule has 2 fully saturated rings. The van der Waals surface area contributed by atoms with Crippen molar-refractivity contribution < 1.29 is 4.79 Å². The van der Waals surface area contributed by atoms with Gasteiger partial charge in [0.15, 0.2) is 0 Å². The predicted molar refractivity (Wildman–Crippen MR) is 85.6 cm³/mol. The zero-order chi connectivity index (χ0) is 14.7. The van der Waals surface area contributed by atoms with Gasteiger partial charge < -0.3 is 10.2 Å². The number of nitrogens with zero attached hydrogens (tertiary/aromatic N) is 1. The van der Waals surface area contributed by atoms with E-state index in [1.54, 1.807) is 0 Å². The van der Waals surface area contributed by atoms with Gasteiger partial charge in [0, 0.05) is 18.7 Å². The number of likely N-dealkylation sites (tertiary alicyclic amines) is 1. The molecule has 0 saturated carbocycles. The number of carbonyl (C=O) groups excluding carboxylic acids is 1. The fourth-order valence-electron chi connectivity index (χ4n) is 3.56. The molecule has 21 heavy (non-hydrogen) atoms. The predicted octanol–water partition coefficient (Wildman–Crippen LogP) is 3.03. The van der Waals surface area contributed by atoms with Crippen LogP contribution in [0.1, 0.15) is 54.4 Å². The van der Waals surface area contributed by atoms with Crippen LogP contribution in [-0.2, 0) is 0 Å². The molecule has 3 heteroatoms. The van der Waals surface area contributed by atoms with E-state index in [0.717, 1.165) is 63.3 Å². The van der Waals surface area contributed by atoms with Crippen molar-refractivity contribution in [3.05, 3.63) is 35.4 Å². The number of rotatable bonds is 2. The molecule has 0 radical (unpaired) electrons. The number of nitrogens with one attached hydrogen (secondary N) is 1. The molecule has 3 rings (SSSR count). The Balaban J connectivity index is 1.79. The fourth-order valence-corrected chi connectivity index (χ4v) is 3.56. The number of benzene rings is 1. The van der Waals surface area contributed by atoms with E-state index in [4.69, 9.17) is 0 Å². The van der Waals surface area contributed by atoms with E-state index in [1.165, 1.54) is 5.56 Å². The quantitative estimate of drug-likeness (QED) is 0.906. The number of carbonyl (C=O) groups is 1. The summed E-state index contributed by atoms with van der Waals surface area (Å²) in [5.41, 5.74) is 2.21. The van der Waals surface area contributed by atoms with Gasteiger partial charge in [-0.05, 0) is 62.2 Å². The molecule has 2 aliphatic rings. The van der Waals surface area contributed by atoms with Crippen molar-refractivity contribution in [2.24, 2.45) is 5.92 Å². The minimum Gasteiger partial charge on any atom is -0.339 e. The van der Waals surface area contributed by atoms with Crippen LogP contribution in [-0.4, -0.2) is 37.0 Å². The number of hydrogen-bond donors (Lipinski definition) is 1. The van der Waals surface area contributed by atoms with Gasteiger partial charge in [0.05, 0.1) is 0 Å². The van der Waals surface area contributed by atoms with Crippen LogP contribution in [0, 0.1) is 5.92 Å². The molecule has 2 aliphatic heterocycles. The van der Waals surface area contributed by atoms with Gasteiger partial charge in [0.2, 0.25) is 0 Å². The van der Waals surface area contributed by atoms with Crippen molar-refractivity contribution in [2.45, 2.75) is 38.5 Å². The highest BCUT2D eigenvalue weighted by atomic mass is 16.2. The van der Waals surface area contributed by atoms with Gasteiger partial charge >= 0.3 is 0 Å². The lowest BCUT2D eigenvalue weighted by atomic mass is 9.86. The van der Waals surface area contributed by atoms with Gasteiger partial charge in [0.25, 0.3) is 5.91 Å². The summed E-state index contributed by atoms with van der Waals surface area (Å²) >= 11 is 0. The number of piperidine rings is 2. The maximum absolute atomic E-state index is 12.9. The maximum Gasteiger partial charge on any atom is 0.254 e. The first-order valence-corrected chi connectivity index (χ1v) is 8.34. The van der Waals surface area contributed by atoms with Crippen molar-refractivity contribution >= 4 is 5.91 Å². The Morgan fingerprint density at radius 3 is 2.48 bits per heavy atom. The third kappa shape index (κ3) is 3.29. The standard InChI is InChI=1S/C18H26N2O/c1-14-8-12-20(13-9-14)18(21)17-5-3-2-4-16(17)15-6-10-19-11-7-15/h2-5,14-15,19H,6-13H2,1H3. The Bertz CT molecular complexity index is 486. The molecular formula is C18H26N2O. The largest absolute Gasteiger partial charge is 0.339 e. The first-order chi connectivity index (χ1) is 10.3. The monoisotopic (exact) mass is 286 g/mol. The van der Waals surface area contributed by atoms with E-state index in [1.807, 2.05) is 12.1 Å². The zero-order valence-electron chi connectivity index (χ0n) is 13.0. The second kappa shape index (κ2) is 6.61. The maximum atomic E-state index is 12.9. The first-order valence-electron chi connectivity index (χ1n) is 8.34. The zero-order valence-corrected chi connectivity index (χ0v) is 13.0.